The predicted octanol–water partition coefficient (Wildman–Crippen LogP) is 3.47. The summed E-state index contributed by atoms with van der Waals surface area (Å²) in [5.41, 5.74) is 1.17. The molecule has 3 nitrogen and oxygen atoms in total. The van der Waals surface area contributed by atoms with E-state index in [0.717, 1.165) is 25.9 Å². The minimum atomic E-state index is 0.265. The van der Waals surface area contributed by atoms with Crippen molar-refractivity contribution in [3.05, 3.63) is 35.2 Å². The Labute approximate surface area is 134 Å². The van der Waals surface area contributed by atoms with Crippen LogP contribution in [0.15, 0.2) is 29.6 Å². The molecular weight excluding hydrogens is 294 g/mol. The van der Waals surface area contributed by atoms with Crippen LogP contribution < -0.4 is 0 Å². The van der Waals surface area contributed by atoms with Crippen LogP contribution in [0.25, 0.3) is 10.1 Å². The van der Waals surface area contributed by atoms with Crippen molar-refractivity contribution < 1.29 is 9.53 Å². The predicted molar refractivity (Wildman–Crippen MR) is 89.2 cm³/mol. The third kappa shape index (κ3) is 2.55. The van der Waals surface area contributed by atoms with Crippen LogP contribution >= 0.6 is 11.3 Å². The summed E-state index contributed by atoms with van der Waals surface area (Å²) in [6.45, 7) is 3.85. The summed E-state index contributed by atoms with van der Waals surface area (Å²) in [7, 11) is 0. The van der Waals surface area contributed by atoms with Gasteiger partial charge in [-0.3, -0.25) is 4.79 Å². The Balaban J connectivity index is 1.46. The lowest BCUT2D eigenvalue weighted by Crippen LogP contribution is -2.45. The Morgan fingerprint density at radius 1 is 1.41 bits per heavy atom. The first-order valence-corrected chi connectivity index (χ1v) is 8.97. The van der Waals surface area contributed by atoms with Gasteiger partial charge in [0.05, 0.1) is 18.6 Å². The molecule has 2 aromatic rings. The van der Waals surface area contributed by atoms with Gasteiger partial charge in [-0.15, -0.1) is 11.3 Å². The van der Waals surface area contributed by atoms with Gasteiger partial charge in [0.15, 0.2) is 0 Å². The molecule has 3 heterocycles. The molecule has 3 atom stereocenters. The number of hydrogen-bond donors (Lipinski definition) is 0. The van der Waals surface area contributed by atoms with Crippen LogP contribution in [0.4, 0.5) is 0 Å². The lowest BCUT2D eigenvalue weighted by molar-refractivity contribution is -0.133. The zero-order valence-corrected chi connectivity index (χ0v) is 13.6. The van der Waals surface area contributed by atoms with E-state index in [1.807, 2.05) is 6.07 Å². The summed E-state index contributed by atoms with van der Waals surface area (Å²) < 4.78 is 7.19. The smallest absolute Gasteiger partial charge is 0.227 e. The van der Waals surface area contributed by atoms with Crippen LogP contribution in [-0.2, 0) is 16.0 Å². The molecule has 1 aromatic heterocycles. The summed E-state index contributed by atoms with van der Waals surface area (Å²) in [5, 5.41) is 3.37. The Morgan fingerprint density at radius 3 is 3.18 bits per heavy atom. The van der Waals surface area contributed by atoms with Gasteiger partial charge in [-0.25, -0.2) is 0 Å². The average Bonchev–Trinajstić information content (AvgIpc) is 3.09. The van der Waals surface area contributed by atoms with E-state index >= 15 is 0 Å². The minimum Gasteiger partial charge on any atom is -0.375 e. The number of nitrogens with zero attached hydrogens (tertiary/aromatic N) is 1. The molecule has 0 N–H and O–H groups in total. The number of benzene rings is 1. The molecule has 0 aliphatic carbocycles. The number of rotatable bonds is 2. The van der Waals surface area contributed by atoms with Crippen molar-refractivity contribution >= 4 is 27.3 Å². The first-order valence-electron chi connectivity index (χ1n) is 8.09. The fraction of sp³-hybridized carbons (Fsp3) is 0.500. The molecule has 116 valence electrons. The molecule has 0 radical (unpaired) electrons. The third-order valence-electron chi connectivity index (χ3n) is 4.96. The van der Waals surface area contributed by atoms with E-state index in [0.29, 0.717) is 24.5 Å². The zero-order chi connectivity index (χ0) is 15.1. The number of hydrogen-bond acceptors (Lipinski definition) is 3. The van der Waals surface area contributed by atoms with Crippen LogP contribution in [0, 0.1) is 5.92 Å². The number of amides is 1. The lowest BCUT2D eigenvalue weighted by atomic mass is 9.92. The molecule has 1 aromatic carbocycles. The van der Waals surface area contributed by atoms with Crippen LogP contribution in [0.3, 0.4) is 0 Å². The number of carbonyl (C=O) groups is 1. The highest BCUT2D eigenvalue weighted by Gasteiger charge is 2.38. The number of ether oxygens (including phenoxy) is 1. The van der Waals surface area contributed by atoms with Crippen molar-refractivity contribution in [1.82, 2.24) is 4.90 Å². The molecule has 22 heavy (non-hydrogen) atoms. The van der Waals surface area contributed by atoms with E-state index in [2.05, 4.69) is 35.4 Å². The Bertz CT molecular complexity index is 695. The van der Waals surface area contributed by atoms with Crippen LogP contribution in [0.5, 0.6) is 0 Å². The van der Waals surface area contributed by atoms with E-state index in [1.54, 1.807) is 11.3 Å². The van der Waals surface area contributed by atoms with Gasteiger partial charge in [0.2, 0.25) is 5.91 Å². The maximum Gasteiger partial charge on any atom is 0.227 e. The molecule has 2 fully saturated rings. The number of fused-ring (bicyclic) bond motifs is 2. The van der Waals surface area contributed by atoms with Crippen LogP contribution in [0.1, 0.15) is 25.3 Å². The highest BCUT2D eigenvalue weighted by molar-refractivity contribution is 7.17. The number of thiophene rings is 1. The second kappa shape index (κ2) is 5.67. The monoisotopic (exact) mass is 315 g/mol. The molecule has 0 unspecified atom stereocenters. The zero-order valence-electron chi connectivity index (χ0n) is 12.8. The van der Waals surface area contributed by atoms with Gasteiger partial charge in [-0.2, -0.15) is 0 Å². The maximum absolute atomic E-state index is 12.7. The van der Waals surface area contributed by atoms with Gasteiger partial charge in [0.1, 0.15) is 0 Å². The molecule has 0 bridgehead atoms. The van der Waals surface area contributed by atoms with Crippen molar-refractivity contribution in [3.8, 4) is 0 Å². The Kier molecular flexibility index (Phi) is 3.66. The SMILES string of the molecule is C[C@@H]1C[C@@H]2CN(C(=O)Cc3csc4ccccc34)CC[C@@H]2O1. The topological polar surface area (TPSA) is 29.5 Å². The molecule has 0 spiro atoms. The van der Waals surface area contributed by atoms with Gasteiger partial charge in [0, 0.05) is 23.7 Å². The second-order valence-electron chi connectivity index (χ2n) is 6.54. The summed E-state index contributed by atoms with van der Waals surface area (Å²) >= 11 is 1.73. The van der Waals surface area contributed by atoms with E-state index < -0.39 is 0 Å². The largest absolute Gasteiger partial charge is 0.375 e. The van der Waals surface area contributed by atoms with Crippen molar-refractivity contribution in [2.75, 3.05) is 13.1 Å². The molecule has 2 aliphatic rings. The quantitative estimate of drug-likeness (QED) is 0.849. The average molecular weight is 315 g/mol. The molecule has 4 rings (SSSR count). The van der Waals surface area contributed by atoms with Gasteiger partial charge < -0.3 is 9.64 Å². The molecule has 2 saturated heterocycles. The summed E-state index contributed by atoms with van der Waals surface area (Å²) in [5.74, 6) is 0.800. The van der Waals surface area contributed by atoms with Crippen molar-refractivity contribution in [2.24, 2.45) is 5.92 Å². The number of carbonyl (C=O) groups excluding carboxylic acids is 1. The standard InChI is InChI=1S/C18H21NO2S/c1-12-8-13-10-19(7-6-16(13)21-12)18(20)9-14-11-22-17-5-3-2-4-15(14)17/h2-5,11-13,16H,6-10H2,1H3/t12-,13-,16+/m1/s1. The fourth-order valence-electron chi connectivity index (χ4n) is 3.87. The Morgan fingerprint density at radius 2 is 2.27 bits per heavy atom. The summed E-state index contributed by atoms with van der Waals surface area (Å²) in [6.07, 6.45) is 3.34. The highest BCUT2D eigenvalue weighted by atomic mass is 32.1. The molecule has 2 aliphatic heterocycles. The normalized spacial score (nSPS) is 28.0. The molecule has 0 saturated carbocycles. The van der Waals surface area contributed by atoms with Gasteiger partial charge >= 0.3 is 0 Å². The Hall–Kier alpha value is -1.39. The number of piperidine rings is 1. The third-order valence-corrected chi connectivity index (χ3v) is 5.97. The fourth-order valence-corrected chi connectivity index (χ4v) is 4.83. The van der Waals surface area contributed by atoms with Crippen LogP contribution in [-0.4, -0.2) is 36.1 Å². The van der Waals surface area contributed by atoms with Crippen molar-refractivity contribution in [1.29, 1.82) is 0 Å². The first-order chi connectivity index (χ1) is 10.7. The maximum atomic E-state index is 12.7. The molecule has 4 heteroatoms. The lowest BCUT2D eigenvalue weighted by Gasteiger charge is -2.34. The summed E-state index contributed by atoms with van der Waals surface area (Å²) in [6, 6.07) is 8.34. The van der Waals surface area contributed by atoms with Gasteiger partial charge in [0.25, 0.3) is 0 Å². The van der Waals surface area contributed by atoms with E-state index in [4.69, 9.17) is 4.74 Å². The highest BCUT2D eigenvalue weighted by Crippen LogP contribution is 2.33. The van der Waals surface area contributed by atoms with E-state index in [9.17, 15) is 4.79 Å². The van der Waals surface area contributed by atoms with Gasteiger partial charge in [-0.05, 0) is 42.2 Å². The minimum absolute atomic E-state index is 0.265. The van der Waals surface area contributed by atoms with E-state index in [1.165, 1.54) is 15.6 Å². The first kappa shape index (κ1) is 14.2. The van der Waals surface area contributed by atoms with Gasteiger partial charge in [-0.1, -0.05) is 18.2 Å². The van der Waals surface area contributed by atoms with Crippen molar-refractivity contribution in [2.45, 2.75) is 38.4 Å². The number of likely N-dealkylation sites (tertiary alicyclic amines) is 1. The summed E-state index contributed by atoms with van der Waals surface area (Å²) in [4.78, 5) is 14.7. The molecule has 1 amide bonds. The molecular formula is C18H21NO2S. The van der Waals surface area contributed by atoms with Crippen molar-refractivity contribution in [3.63, 3.8) is 0 Å². The van der Waals surface area contributed by atoms with Crippen LogP contribution in [0.2, 0.25) is 0 Å². The second-order valence-corrected chi connectivity index (χ2v) is 7.45. The van der Waals surface area contributed by atoms with E-state index in [-0.39, 0.29) is 5.91 Å².